The summed E-state index contributed by atoms with van der Waals surface area (Å²) < 4.78 is 20.4. The van der Waals surface area contributed by atoms with Gasteiger partial charge in [0.15, 0.2) is 11.5 Å². The van der Waals surface area contributed by atoms with E-state index in [4.69, 9.17) is 4.74 Å². The average Bonchev–Trinajstić information content (AvgIpc) is 3.21. The number of nitrogens with one attached hydrogen (secondary N) is 2. The molecule has 0 fully saturated rings. The number of nitrogens with zero attached hydrogens (tertiary/aromatic N) is 1. The van der Waals surface area contributed by atoms with Gasteiger partial charge in [-0.05, 0) is 61.0 Å². The van der Waals surface area contributed by atoms with E-state index in [0.717, 1.165) is 61.3 Å². The number of rotatable bonds is 16. The van der Waals surface area contributed by atoms with Gasteiger partial charge < -0.3 is 29.9 Å². The van der Waals surface area contributed by atoms with E-state index in [1.54, 1.807) is 30.3 Å². The highest BCUT2D eigenvalue weighted by molar-refractivity contribution is 7.98. The van der Waals surface area contributed by atoms with Crippen molar-refractivity contribution < 1.29 is 28.8 Å². The van der Waals surface area contributed by atoms with Crippen molar-refractivity contribution >= 4 is 52.1 Å². The van der Waals surface area contributed by atoms with E-state index >= 15 is 0 Å². The van der Waals surface area contributed by atoms with Crippen LogP contribution in [-0.2, 0) is 25.6 Å². The first-order valence-corrected chi connectivity index (χ1v) is 19.1. The summed E-state index contributed by atoms with van der Waals surface area (Å²) in [6.45, 7) is 6.11. The van der Waals surface area contributed by atoms with Crippen molar-refractivity contribution in [3.8, 4) is 5.75 Å². The lowest BCUT2D eigenvalue weighted by Gasteiger charge is -2.36. The van der Waals surface area contributed by atoms with Crippen LogP contribution in [0.5, 0.6) is 5.75 Å². The number of ether oxygens (including phenoxy) is 1. The van der Waals surface area contributed by atoms with Crippen molar-refractivity contribution in [3.05, 3.63) is 78.4 Å². The molecule has 3 aromatic carbocycles. The Morgan fingerprint density at radius 1 is 1.00 bits per heavy atom. The van der Waals surface area contributed by atoms with Crippen LogP contribution in [0.3, 0.4) is 0 Å². The number of aliphatic carboxylic acids is 1. The molecule has 2 unspecified atom stereocenters. The second kappa shape index (κ2) is 17.6. The van der Waals surface area contributed by atoms with Gasteiger partial charge in [-0.2, -0.15) is 0 Å². The van der Waals surface area contributed by atoms with Crippen LogP contribution in [0.4, 0.5) is 11.4 Å². The van der Waals surface area contributed by atoms with E-state index in [-0.39, 0.29) is 5.41 Å². The lowest BCUT2D eigenvalue weighted by molar-refractivity contribution is -0.141. The molecule has 1 aliphatic heterocycles. The maximum absolute atomic E-state index is 14.3. The van der Waals surface area contributed by atoms with Crippen LogP contribution in [0.25, 0.3) is 0 Å². The molecule has 0 bridgehead atoms. The third kappa shape index (κ3) is 9.48. The van der Waals surface area contributed by atoms with Gasteiger partial charge in [-0.25, -0.2) is 0 Å². The minimum atomic E-state index is -1.32. The molecular weight excluding hydrogens is 647 g/mol. The molecule has 1 heterocycles. The van der Waals surface area contributed by atoms with Gasteiger partial charge in [0.1, 0.15) is 23.6 Å². The van der Waals surface area contributed by atoms with Crippen LogP contribution in [0, 0.1) is 5.41 Å². The number of anilines is 2. The second-order valence-corrected chi connectivity index (χ2v) is 14.6. The fraction of sp³-hybridized carbons (Fsp3) is 0.432. The Bertz CT molecular complexity index is 1520. The van der Waals surface area contributed by atoms with Crippen LogP contribution >= 0.6 is 11.8 Å². The first kappa shape index (κ1) is 37.2. The summed E-state index contributed by atoms with van der Waals surface area (Å²) in [7, 11) is 0. The highest BCUT2D eigenvalue weighted by Gasteiger charge is 2.42. The summed E-state index contributed by atoms with van der Waals surface area (Å²) in [4.78, 5) is 41.4. The summed E-state index contributed by atoms with van der Waals surface area (Å²) in [6.07, 6.45) is 8.19. The highest BCUT2D eigenvalue weighted by Crippen LogP contribution is 2.47. The highest BCUT2D eigenvalue weighted by atomic mass is 32.2. The Hall–Kier alpha value is -3.67. The van der Waals surface area contributed by atoms with Crippen molar-refractivity contribution in [2.45, 2.75) is 81.2 Å². The van der Waals surface area contributed by atoms with Crippen molar-refractivity contribution in [3.63, 3.8) is 0 Å². The number of thioether (sulfide) groups is 1. The van der Waals surface area contributed by atoms with E-state index in [0.29, 0.717) is 22.0 Å². The summed E-state index contributed by atoms with van der Waals surface area (Å²) in [5.74, 6) is -1.41. The molecule has 4 rings (SSSR count). The smallest absolute Gasteiger partial charge is 0.325 e. The number of amides is 2. The van der Waals surface area contributed by atoms with Crippen molar-refractivity contribution in [2.75, 3.05) is 30.1 Å². The van der Waals surface area contributed by atoms with Gasteiger partial charge in [-0.15, -0.1) is 11.8 Å². The summed E-state index contributed by atoms with van der Waals surface area (Å²) in [5, 5.41) is 14.4. The normalized spacial score (nSPS) is 16.6. The average molecular weight is 694 g/mol. The van der Waals surface area contributed by atoms with E-state index < -0.39 is 47.7 Å². The van der Waals surface area contributed by atoms with Crippen molar-refractivity contribution in [1.29, 1.82) is 0 Å². The quantitative estimate of drug-likeness (QED) is 0.110. The van der Waals surface area contributed by atoms with Gasteiger partial charge in [0.05, 0.1) is 10.6 Å². The fourth-order valence-electron chi connectivity index (χ4n) is 6.04. The van der Waals surface area contributed by atoms with E-state index in [2.05, 4.69) is 41.5 Å². The van der Waals surface area contributed by atoms with Crippen LogP contribution in [0.15, 0.2) is 82.6 Å². The second-order valence-electron chi connectivity index (χ2n) is 12.4. The molecule has 0 saturated heterocycles. The van der Waals surface area contributed by atoms with Gasteiger partial charge in [0, 0.05) is 23.7 Å². The minimum Gasteiger partial charge on any atom is -0.611 e. The molecule has 0 aromatic heterocycles. The third-order valence-corrected chi connectivity index (χ3v) is 11.1. The standard InChI is InChI=1S/C37H47N3O6S2/c1-5-7-19-37(20-8-6-2)24-40(28-17-13-10-14-18-28)29-21-31(47-4)30(22-32(29)48(45)25-37)46-23-33(41)39-34(27-15-11-9-12-16-27)35(42)38-26(3)36(43)44/h9-18,21-22,26,34H,5-8,19-20,23-25H2,1-4H3,(H,38,42)(H,39,41)(H,43,44)/t26-,34?,48?/m0/s1. The van der Waals surface area contributed by atoms with Gasteiger partial charge in [0.25, 0.3) is 5.91 Å². The molecule has 0 spiro atoms. The van der Waals surface area contributed by atoms with E-state index in [1.807, 2.05) is 36.6 Å². The Labute approximate surface area is 291 Å². The summed E-state index contributed by atoms with van der Waals surface area (Å²) in [6, 6.07) is 20.4. The predicted molar refractivity (Wildman–Crippen MR) is 192 cm³/mol. The first-order chi connectivity index (χ1) is 23.1. The van der Waals surface area contributed by atoms with Crippen LogP contribution in [0.1, 0.15) is 70.9 Å². The predicted octanol–water partition coefficient (Wildman–Crippen LogP) is 6.86. The first-order valence-electron chi connectivity index (χ1n) is 16.5. The maximum Gasteiger partial charge on any atom is 0.325 e. The summed E-state index contributed by atoms with van der Waals surface area (Å²) in [5.41, 5.74) is 2.29. The van der Waals surface area contributed by atoms with Crippen LogP contribution < -0.4 is 20.3 Å². The Morgan fingerprint density at radius 3 is 2.21 bits per heavy atom. The topological polar surface area (TPSA) is 131 Å². The number of carboxylic acid groups (broad SMARTS) is 1. The van der Waals surface area contributed by atoms with E-state index in [9.17, 15) is 24.0 Å². The van der Waals surface area contributed by atoms with Crippen molar-refractivity contribution in [1.82, 2.24) is 10.6 Å². The van der Waals surface area contributed by atoms with Gasteiger partial charge in [-0.3, -0.25) is 14.4 Å². The van der Waals surface area contributed by atoms with Crippen molar-refractivity contribution in [2.24, 2.45) is 5.41 Å². The molecule has 1 aliphatic rings. The Kier molecular flexibility index (Phi) is 13.7. The lowest BCUT2D eigenvalue weighted by atomic mass is 9.79. The number of benzene rings is 3. The molecule has 11 heteroatoms. The molecule has 3 aromatic rings. The summed E-state index contributed by atoms with van der Waals surface area (Å²) >= 11 is 0.155. The number of fused-ring (bicyclic) bond motifs is 1. The fourth-order valence-corrected chi connectivity index (χ4v) is 8.32. The lowest BCUT2D eigenvalue weighted by Crippen LogP contribution is -2.46. The van der Waals surface area contributed by atoms with Crippen LogP contribution in [-0.4, -0.2) is 58.6 Å². The third-order valence-electron chi connectivity index (χ3n) is 8.69. The molecule has 48 heavy (non-hydrogen) atoms. The SMILES string of the molecule is CCCCC1(CCCC)CN(c2ccccc2)c2cc(SC)c(OCC(=O)NC(C(=O)N[C@@H](C)C(=O)O)c3ccccc3)cc2[S+]([O-])C1. The Balaban J connectivity index is 1.63. The molecule has 0 aliphatic carbocycles. The zero-order valence-corrected chi connectivity index (χ0v) is 29.8. The molecule has 258 valence electrons. The monoisotopic (exact) mass is 693 g/mol. The molecule has 3 N–H and O–H groups in total. The number of unbranched alkanes of at least 4 members (excludes halogenated alkanes) is 2. The Morgan fingerprint density at radius 2 is 1.62 bits per heavy atom. The molecular formula is C37H47N3O6S2. The zero-order chi connectivity index (χ0) is 34.7. The number of carbonyl (C=O) groups is 3. The van der Waals surface area contributed by atoms with Gasteiger partial charge in [-0.1, -0.05) is 88.1 Å². The molecule has 3 atom stereocenters. The number of carbonyl (C=O) groups excluding carboxylic acids is 2. The van der Waals surface area contributed by atoms with Crippen LogP contribution in [0.2, 0.25) is 0 Å². The number of hydrogen-bond acceptors (Lipinski definition) is 7. The molecule has 2 amide bonds. The number of para-hydroxylation sites is 1. The number of hydrogen-bond donors (Lipinski definition) is 3. The minimum absolute atomic E-state index is 0.128. The van der Waals surface area contributed by atoms with E-state index in [1.165, 1.54) is 18.7 Å². The van der Waals surface area contributed by atoms with Gasteiger partial charge >= 0.3 is 5.97 Å². The molecule has 9 nitrogen and oxygen atoms in total. The molecule has 0 radical (unpaired) electrons. The zero-order valence-electron chi connectivity index (χ0n) is 28.2. The largest absolute Gasteiger partial charge is 0.611 e. The number of carboxylic acids is 1. The maximum atomic E-state index is 14.3. The van der Waals surface area contributed by atoms with Gasteiger partial charge in [0.2, 0.25) is 5.91 Å². The molecule has 0 saturated carbocycles.